The molecule has 0 aliphatic carbocycles. The van der Waals surface area contributed by atoms with Crippen LogP contribution in [0.4, 0.5) is 5.69 Å². The van der Waals surface area contributed by atoms with Crippen LogP contribution in [0.3, 0.4) is 0 Å². The van der Waals surface area contributed by atoms with Gasteiger partial charge >= 0.3 is 0 Å². The maximum absolute atomic E-state index is 13.6. The van der Waals surface area contributed by atoms with Crippen LogP contribution in [0.5, 0.6) is 0 Å². The topological polar surface area (TPSA) is 58.7 Å². The zero-order chi connectivity index (χ0) is 20.5. The van der Waals surface area contributed by atoms with Crippen LogP contribution in [0.25, 0.3) is 5.69 Å². The summed E-state index contributed by atoms with van der Waals surface area (Å²) in [5.41, 5.74) is 2.68. The number of benzene rings is 1. The number of anilines is 1. The molecule has 1 aliphatic rings. The second-order valence-corrected chi connectivity index (χ2v) is 7.44. The van der Waals surface area contributed by atoms with Gasteiger partial charge in [0.2, 0.25) is 11.8 Å². The van der Waals surface area contributed by atoms with Gasteiger partial charge in [-0.3, -0.25) is 14.5 Å². The average molecular weight is 391 g/mol. The van der Waals surface area contributed by atoms with Crippen LogP contribution in [0.1, 0.15) is 44.7 Å². The molecule has 1 aliphatic heterocycles. The molecule has 1 unspecified atom stereocenters. The molecule has 0 saturated heterocycles. The number of nitrogens with zero attached hydrogens (tertiary/aromatic N) is 3. The van der Waals surface area contributed by atoms with Gasteiger partial charge in [0.25, 0.3) is 0 Å². The number of carbonyl (C=O) groups excluding carboxylic acids is 2. The molecule has 29 heavy (non-hydrogen) atoms. The van der Waals surface area contributed by atoms with E-state index in [1.807, 2.05) is 75.5 Å². The second kappa shape index (κ2) is 7.62. The highest BCUT2D eigenvalue weighted by molar-refractivity contribution is 6.00. The normalized spacial score (nSPS) is 15.2. The van der Waals surface area contributed by atoms with E-state index in [0.29, 0.717) is 12.2 Å². The number of fused-ring (bicyclic) bond motifs is 3. The fourth-order valence-corrected chi connectivity index (χ4v) is 3.96. The van der Waals surface area contributed by atoms with Gasteiger partial charge in [-0.2, -0.15) is 0 Å². The van der Waals surface area contributed by atoms with Crippen molar-refractivity contribution in [2.24, 2.45) is 0 Å². The summed E-state index contributed by atoms with van der Waals surface area (Å²) in [6.45, 7) is 5.70. The zero-order valence-electron chi connectivity index (χ0n) is 16.9. The van der Waals surface area contributed by atoms with Crippen LogP contribution >= 0.6 is 0 Å². The maximum Gasteiger partial charge on any atom is 0.247 e. The molecule has 150 valence electrons. The lowest BCUT2D eigenvalue weighted by molar-refractivity contribution is -0.136. The smallest absolute Gasteiger partial charge is 0.247 e. The van der Waals surface area contributed by atoms with Crippen LogP contribution in [0.15, 0.2) is 65.4 Å². The number of hydrogen-bond acceptors (Lipinski definition) is 3. The fourth-order valence-electron chi connectivity index (χ4n) is 3.96. The summed E-state index contributed by atoms with van der Waals surface area (Å²) in [6.07, 6.45) is 3.98. The van der Waals surface area contributed by atoms with Gasteiger partial charge < -0.3 is 13.9 Å². The van der Waals surface area contributed by atoms with E-state index in [1.54, 1.807) is 16.1 Å². The summed E-state index contributed by atoms with van der Waals surface area (Å²) in [5.74, 6) is 0.518. The van der Waals surface area contributed by atoms with Gasteiger partial charge in [-0.25, -0.2) is 0 Å². The van der Waals surface area contributed by atoms with E-state index in [-0.39, 0.29) is 24.4 Å². The summed E-state index contributed by atoms with van der Waals surface area (Å²) in [4.78, 5) is 29.4. The maximum atomic E-state index is 13.6. The van der Waals surface area contributed by atoms with E-state index in [9.17, 15) is 9.59 Å². The Balaban J connectivity index is 1.81. The number of aromatic nitrogens is 1. The molecule has 6 heteroatoms. The van der Waals surface area contributed by atoms with Crippen molar-refractivity contribution in [3.63, 3.8) is 0 Å². The number of furan rings is 1. The van der Waals surface area contributed by atoms with E-state index in [1.165, 1.54) is 0 Å². The second-order valence-electron chi connectivity index (χ2n) is 7.44. The van der Waals surface area contributed by atoms with Crippen molar-refractivity contribution < 1.29 is 14.0 Å². The summed E-state index contributed by atoms with van der Waals surface area (Å²) in [6, 6.07) is 15.0. The molecule has 0 saturated carbocycles. The SMILES string of the molecule is CCC(=O)N(CC(=O)N1c2ccccc2-n2cccc2C1c1ccco1)C(C)C. The highest BCUT2D eigenvalue weighted by atomic mass is 16.3. The lowest BCUT2D eigenvalue weighted by Gasteiger charge is -2.38. The van der Waals surface area contributed by atoms with Crippen LogP contribution in [0.2, 0.25) is 0 Å². The van der Waals surface area contributed by atoms with Crippen molar-refractivity contribution in [2.75, 3.05) is 11.4 Å². The Morgan fingerprint density at radius 2 is 1.83 bits per heavy atom. The molecule has 0 fully saturated rings. The van der Waals surface area contributed by atoms with Gasteiger partial charge in [-0.05, 0) is 50.2 Å². The summed E-state index contributed by atoms with van der Waals surface area (Å²) < 4.78 is 7.81. The van der Waals surface area contributed by atoms with Gasteiger partial charge in [0, 0.05) is 18.7 Å². The Hall–Kier alpha value is -3.28. The van der Waals surface area contributed by atoms with Crippen molar-refractivity contribution in [3.8, 4) is 5.69 Å². The third kappa shape index (κ3) is 3.24. The van der Waals surface area contributed by atoms with E-state index in [0.717, 1.165) is 17.1 Å². The number of carbonyl (C=O) groups is 2. The Kier molecular flexibility index (Phi) is 5.01. The first-order chi connectivity index (χ1) is 14.0. The molecule has 1 aromatic carbocycles. The van der Waals surface area contributed by atoms with Crippen LogP contribution in [-0.4, -0.2) is 33.9 Å². The molecule has 0 bridgehead atoms. The third-order valence-electron chi connectivity index (χ3n) is 5.35. The number of rotatable bonds is 5. The molecule has 3 heterocycles. The van der Waals surface area contributed by atoms with E-state index >= 15 is 0 Å². The Morgan fingerprint density at radius 3 is 2.48 bits per heavy atom. The first kappa shape index (κ1) is 19.1. The van der Waals surface area contributed by atoms with Gasteiger partial charge in [0.15, 0.2) is 0 Å². The minimum absolute atomic E-state index is 0.0244. The molecule has 0 spiro atoms. The summed E-state index contributed by atoms with van der Waals surface area (Å²) in [7, 11) is 0. The number of para-hydroxylation sites is 2. The molecular weight excluding hydrogens is 366 g/mol. The van der Waals surface area contributed by atoms with Crippen molar-refractivity contribution in [1.29, 1.82) is 0 Å². The first-order valence-corrected chi connectivity index (χ1v) is 9.94. The minimum atomic E-state index is -0.395. The Labute approximate surface area is 170 Å². The van der Waals surface area contributed by atoms with Crippen molar-refractivity contribution in [1.82, 2.24) is 9.47 Å². The number of amides is 2. The predicted octanol–water partition coefficient (Wildman–Crippen LogP) is 4.15. The molecule has 6 nitrogen and oxygen atoms in total. The fraction of sp³-hybridized carbons (Fsp3) is 0.304. The molecule has 2 amide bonds. The average Bonchev–Trinajstić information content (AvgIpc) is 3.42. The minimum Gasteiger partial charge on any atom is -0.467 e. The molecule has 3 aromatic rings. The Bertz CT molecular complexity index is 1020. The lowest BCUT2D eigenvalue weighted by atomic mass is 10.0. The Morgan fingerprint density at radius 1 is 1.07 bits per heavy atom. The zero-order valence-corrected chi connectivity index (χ0v) is 16.9. The van der Waals surface area contributed by atoms with Crippen molar-refractivity contribution in [2.45, 2.75) is 39.3 Å². The molecule has 4 rings (SSSR count). The molecule has 1 atom stereocenters. The first-order valence-electron chi connectivity index (χ1n) is 9.94. The van der Waals surface area contributed by atoms with Crippen LogP contribution in [-0.2, 0) is 9.59 Å². The molecule has 0 N–H and O–H groups in total. The molecule has 2 aromatic heterocycles. The van der Waals surface area contributed by atoms with Crippen LogP contribution < -0.4 is 4.90 Å². The van der Waals surface area contributed by atoms with Gasteiger partial charge in [0.05, 0.1) is 23.3 Å². The van der Waals surface area contributed by atoms with Gasteiger partial charge in [-0.15, -0.1) is 0 Å². The monoisotopic (exact) mass is 391 g/mol. The largest absolute Gasteiger partial charge is 0.467 e. The standard InChI is InChI=1S/C23H25N3O3/c1-4-21(27)25(16(2)3)15-22(28)26-18-10-6-5-9-17(18)24-13-7-11-19(24)23(26)20-12-8-14-29-20/h5-14,16,23H,4,15H2,1-3H3. The third-order valence-corrected chi connectivity index (χ3v) is 5.35. The van der Waals surface area contributed by atoms with E-state index in [4.69, 9.17) is 4.42 Å². The van der Waals surface area contributed by atoms with Gasteiger partial charge in [-0.1, -0.05) is 19.1 Å². The number of hydrogen-bond donors (Lipinski definition) is 0. The molecule has 0 radical (unpaired) electrons. The van der Waals surface area contributed by atoms with Gasteiger partial charge in [0.1, 0.15) is 18.3 Å². The predicted molar refractivity (Wildman–Crippen MR) is 111 cm³/mol. The summed E-state index contributed by atoms with van der Waals surface area (Å²) >= 11 is 0. The van der Waals surface area contributed by atoms with E-state index < -0.39 is 6.04 Å². The van der Waals surface area contributed by atoms with E-state index in [2.05, 4.69) is 4.57 Å². The lowest BCUT2D eigenvalue weighted by Crippen LogP contribution is -2.48. The quantitative estimate of drug-likeness (QED) is 0.656. The summed E-state index contributed by atoms with van der Waals surface area (Å²) in [5, 5.41) is 0. The van der Waals surface area contributed by atoms with Crippen molar-refractivity contribution >= 4 is 17.5 Å². The highest BCUT2D eigenvalue weighted by Crippen LogP contribution is 2.42. The molecular formula is C23H25N3O3. The van der Waals surface area contributed by atoms with Crippen molar-refractivity contribution in [3.05, 3.63) is 72.4 Å². The van der Waals surface area contributed by atoms with Crippen LogP contribution in [0, 0.1) is 0 Å². The highest BCUT2D eigenvalue weighted by Gasteiger charge is 2.38.